The minimum absolute atomic E-state index is 0.182. The smallest absolute Gasteiger partial charge is 0.250 e. The number of thiophene rings is 1. The Hall–Kier alpha value is -0.140. The molecule has 0 spiro atoms. The van der Waals surface area contributed by atoms with E-state index in [0.717, 1.165) is 30.6 Å². The van der Waals surface area contributed by atoms with Gasteiger partial charge in [0.1, 0.15) is 4.21 Å². The second-order valence-electron chi connectivity index (χ2n) is 4.06. The summed E-state index contributed by atoms with van der Waals surface area (Å²) in [6.45, 7) is 1.88. The van der Waals surface area contributed by atoms with Crippen LogP contribution in [-0.4, -0.2) is 26.2 Å². The Morgan fingerprint density at radius 3 is 2.67 bits per heavy atom. The summed E-state index contributed by atoms with van der Waals surface area (Å²) in [5, 5.41) is 9.19. The number of aliphatic hydroxyl groups is 1. The monoisotopic (exact) mass is 311 g/mol. The maximum absolute atomic E-state index is 12.0. The molecule has 0 aliphatic carbocycles. The molecule has 1 aromatic heterocycles. The second kappa shape index (κ2) is 7.45. The number of halogens is 1. The highest BCUT2D eigenvalue weighted by atomic mass is 35.5. The first kappa shape index (κ1) is 15.9. The van der Waals surface area contributed by atoms with Crippen molar-refractivity contribution in [1.29, 1.82) is 0 Å². The van der Waals surface area contributed by atoms with E-state index in [1.54, 1.807) is 6.07 Å². The molecule has 0 amide bonds. The largest absolute Gasteiger partial charge is 0.395 e. The van der Waals surface area contributed by atoms with E-state index in [9.17, 15) is 13.5 Å². The molecule has 0 saturated heterocycles. The van der Waals surface area contributed by atoms with Crippen LogP contribution in [0.15, 0.2) is 16.3 Å². The molecule has 18 heavy (non-hydrogen) atoms. The van der Waals surface area contributed by atoms with Gasteiger partial charge in [-0.05, 0) is 18.6 Å². The highest BCUT2D eigenvalue weighted by Gasteiger charge is 2.20. The van der Waals surface area contributed by atoms with Crippen molar-refractivity contribution in [2.45, 2.75) is 42.9 Å². The van der Waals surface area contributed by atoms with Crippen LogP contribution < -0.4 is 4.72 Å². The normalized spacial score (nSPS) is 13.7. The molecule has 7 heteroatoms. The molecule has 0 aliphatic heterocycles. The third-order valence-electron chi connectivity index (χ3n) is 2.51. The Kier molecular flexibility index (Phi) is 6.59. The van der Waals surface area contributed by atoms with Gasteiger partial charge in [0.2, 0.25) is 10.0 Å². The van der Waals surface area contributed by atoms with Crippen molar-refractivity contribution in [2.75, 3.05) is 6.61 Å². The van der Waals surface area contributed by atoms with E-state index >= 15 is 0 Å². The third kappa shape index (κ3) is 4.85. The molecule has 1 rings (SSSR count). The zero-order valence-electron chi connectivity index (χ0n) is 10.2. The van der Waals surface area contributed by atoms with Gasteiger partial charge in [0, 0.05) is 6.04 Å². The molecule has 2 N–H and O–H groups in total. The number of aliphatic hydroxyl groups excluding tert-OH is 1. The number of nitrogens with one attached hydrogen (secondary N) is 1. The topological polar surface area (TPSA) is 66.4 Å². The number of unbranched alkanes of at least 4 members (excludes halogenated alkanes) is 2. The molecule has 0 saturated carbocycles. The van der Waals surface area contributed by atoms with Crippen LogP contribution in [0.5, 0.6) is 0 Å². The van der Waals surface area contributed by atoms with Crippen LogP contribution in [0.3, 0.4) is 0 Å². The van der Waals surface area contributed by atoms with Crippen LogP contribution in [0.2, 0.25) is 4.34 Å². The number of rotatable bonds is 8. The van der Waals surface area contributed by atoms with E-state index in [2.05, 4.69) is 11.6 Å². The first-order valence-corrected chi connectivity index (χ1v) is 8.56. The maximum atomic E-state index is 12.0. The van der Waals surface area contributed by atoms with E-state index in [-0.39, 0.29) is 10.8 Å². The van der Waals surface area contributed by atoms with Crippen LogP contribution >= 0.6 is 22.9 Å². The zero-order valence-corrected chi connectivity index (χ0v) is 12.6. The molecule has 1 heterocycles. The summed E-state index contributed by atoms with van der Waals surface area (Å²) in [7, 11) is -3.56. The van der Waals surface area contributed by atoms with Gasteiger partial charge in [0.05, 0.1) is 10.9 Å². The summed E-state index contributed by atoms with van der Waals surface area (Å²) in [4.78, 5) is 0. The molecule has 0 aromatic carbocycles. The van der Waals surface area contributed by atoms with Crippen molar-refractivity contribution < 1.29 is 13.5 Å². The van der Waals surface area contributed by atoms with E-state index in [1.807, 2.05) is 0 Å². The molecular weight excluding hydrogens is 294 g/mol. The van der Waals surface area contributed by atoms with Crippen LogP contribution in [-0.2, 0) is 10.0 Å². The molecule has 1 unspecified atom stereocenters. The van der Waals surface area contributed by atoms with Gasteiger partial charge in [-0.2, -0.15) is 0 Å². The summed E-state index contributed by atoms with van der Waals surface area (Å²) in [5.74, 6) is 0. The lowest BCUT2D eigenvalue weighted by atomic mass is 10.1. The molecule has 0 aliphatic rings. The number of hydrogen-bond acceptors (Lipinski definition) is 4. The lowest BCUT2D eigenvalue weighted by Crippen LogP contribution is -2.37. The average molecular weight is 312 g/mol. The molecule has 4 nitrogen and oxygen atoms in total. The Morgan fingerprint density at radius 1 is 1.44 bits per heavy atom. The summed E-state index contributed by atoms with van der Waals surface area (Å²) >= 11 is 6.73. The molecule has 1 atom stereocenters. The van der Waals surface area contributed by atoms with E-state index in [1.165, 1.54) is 6.07 Å². The first-order valence-electron chi connectivity index (χ1n) is 5.88. The fraction of sp³-hybridized carbons (Fsp3) is 0.636. The van der Waals surface area contributed by atoms with Gasteiger partial charge in [-0.3, -0.25) is 0 Å². The van der Waals surface area contributed by atoms with E-state index in [0.29, 0.717) is 10.8 Å². The molecular formula is C11H18ClNO3S2. The third-order valence-corrected chi connectivity index (χ3v) is 5.76. The van der Waals surface area contributed by atoms with Crippen molar-refractivity contribution in [3.63, 3.8) is 0 Å². The predicted molar refractivity (Wildman–Crippen MR) is 74.7 cm³/mol. The molecule has 0 fully saturated rings. The van der Waals surface area contributed by atoms with Gasteiger partial charge in [-0.1, -0.05) is 37.8 Å². The number of sulfonamides is 1. The van der Waals surface area contributed by atoms with Crippen LogP contribution in [0, 0.1) is 0 Å². The van der Waals surface area contributed by atoms with E-state index < -0.39 is 16.1 Å². The predicted octanol–water partition coefficient (Wildman–Crippen LogP) is 2.62. The van der Waals surface area contributed by atoms with Gasteiger partial charge in [-0.25, -0.2) is 13.1 Å². The van der Waals surface area contributed by atoms with Crippen molar-refractivity contribution in [3.8, 4) is 0 Å². The summed E-state index contributed by atoms with van der Waals surface area (Å²) in [6, 6.07) is 2.59. The van der Waals surface area contributed by atoms with Gasteiger partial charge in [0.15, 0.2) is 0 Å². The lowest BCUT2D eigenvalue weighted by Gasteiger charge is -2.15. The lowest BCUT2D eigenvalue weighted by molar-refractivity contribution is 0.248. The van der Waals surface area contributed by atoms with Crippen LogP contribution in [0.4, 0.5) is 0 Å². The van der Waals surface area contributed by atoms with Crippen molar-refractivity contribution in [1.82, 2.24) is 4.72 Å². The SMILES string of the molecule is CCCCCC(CO)NS(=O)(=O)c1ccc(Cl)s1. The average Bonchev–Trinajstić information content (AvgIpc) is 2.75. The highest BCUT2D eigenvalue weighted by molar-refractivity contribution is 7.91. The van der Waals surface area contributed by atoms with Crippen molar-refractivity contribution in [2.24, 2.45) is 0 Å². The fourth-order valence-corrected chi connectivity index (χ4v) is 4.31. The molecule has 104 valence electrons. The Labute approximate surface area is 117 Å². The fourth-order valence-electron chi connectivity index (χ4n) is 1.55. The van der Waals surface area contributed by atoms with Gasteiger partial charge < -0.3 is 5.11 Å². The van der Waals surface area contributed by atoms with E-state index in [4.69, 9.17) is 11.6 Å². The molecule has 1 aromatic rings. The van der Waals surface area contributed by atoms with Crippen molar-refractivity contribution >= 4 is 33.0 Å². The summed E-state index contributed by atoms with van der Waals surface area (Å²) in [5.41, 5.74) is 0. The van der Waals surface area contributed by atoms with Crippen LogP contribution in [0.25, 0.3) is 0 Å². The van der Waals surface area contributed by atoms with Crippen LogP contribution in [0.1, 0.15) is 32.6 Å². The maximum Gasteiger partial charge on any atom is 0.250 e. The number of hydrogen-bond donors (Lipinski definition) is 2. The summed E-state index contributed by atoms with van der Waals surface area (Å²) in [6.07, 6.45) is 3.63. The first-order chi connectivity index (χ1) is 8.49. The Bertz CT molecular complexity index is 459. The molecule has 0 bridgehead atoms. The highest BCUT2D eigenvalue weighted by Crippen LogP contribution is 2.25. The minimum atomic E-state index is -3.56. The minimum Gasteiger partial charge on any atom is -0.395 e. The second-order valence-corrected chi connectivity index (χ2v) is 7.71. The van der Waals surface area contributed by atoms with Crippen molar-refractivity contribution in [3.05, 3.63) is 16.5 Å². The Balaban J connectivity index is 2.63. The Morgan fingerprint density at radius 2 is 2.17 bits per heavy atom. The standard InChI is InChI=1S/C11H18ClNO3S2/c1-2-3-4-5-9(8-14)13-18(15,16)11-7-6-10(12)17-11/h6-7,9,13-14H,2-5,8H2,1H3. The zero-order chi connectivity index (χ0) is 13.6. The van der Waals surface area contributed by atoms with Gasteiger partial charge in [0.25, 0.3) is 0 Å². The summed E-state index contributed by atoms with van der Waals surface area (Å²) < 4.78 is 27.1. The quantitative estimate of drug-likeness (QED) is 0.725. The molecule has 0 radical (unpaired) electrons. The van der Waals surface area contributed by atoms with Gasteiger partial charge in [-0.15, -0.1) is 11.3 Å². The van der Waals surface area contributed by atoms with Gasteiger partial charge >= 0.3 is 0 Å².